The van der Waals surface area contributed by atoms with Gasteiger partial charge in [-0.3, -0.25) is 28.9 Å². The van der Waals surface area contributed by atoms with Crippen molar-refractivity contribution in [2.24, 2.45) is 0 Å². The molecule has 2 heterocycles. The molecule has 1 atom stereocenters. The van der Waals surface area contributed by atoms with Crippen molar-refractivity contribution in [3.63, 3.8) is 0 Å². The summed E-state index contributed by atoms with van der Waals surface area (Å²) in [5.74, 6) is -1.94. The third-order valence-corrected chi connectivity index (χ3v) is 7.88. The fourth-order valence-corrected chi connectivity index (χ4v) is 5.87. The van der Waals surface area contributed by atoms with Gasteiger partial charge in [0, 0.05) is 12.1 Å². The third-order valence-electron chi connectivity index (χ3n) is 5.81. The number of nitro groups is 1. The van der Waals surface area contributed by atoms with Crippen molar-refractivity contribution in [2.45, 2.75) is 11.0 Å². The number of amides is 2. The normalized spacial score (nSPS) is 17.0. The second-order valence-corrected chi connectivity index (χ2v) is 10.3. The summed E-state index contributed by atoms with van der Waals surface area (Å²) in [6.45, 7) is -0.716. The van der Waals surface area contributed by atoms with E-state index in [1.54, 1.807) is 12.1 Å². The Morgan fingerprint density at radius 1 is 1.06 bits per heavy atom. The van der Waals surface area contributed by atoms with E-state index in [-0.39, 0.29) is 39.0 Å². The summed E-state index contributed by atoms with van der Waals surface area (Å²) in [4.78, 5) is 37.0. The number of fused-ring (bicyclic) bond motifs is 2. The van der Waals surface area contributed by atoms with Gasteiger partial charge in [0.15, 0.2) is 5.75 Å². The molecule has 0 radical (unpaired) electrons. The summed E-state index contributed by atoms with van der Waals surface area (Å²) in [5.41, 5.74) is -0.246. The highest BCUT2D eigenvalue weighted by atomic mass is 35.5. The van der Waals surface area contributed by atoms with Gasteiger partial charge in [0.25, 0.3) is 27.5 Å². The van der Waals surface area contributed by atoms with Crippen molar-refractivity contribution < 1.29 is 32.1 Å². The molecule has 13 heteroatoms. The monoisotopic (exact) mass is 531 g/mol. The minimum absolute atomic E-state index is 0.166. The number of hydrogen-bond acceptors (Lipinski definition) is 7. The Morgan fingerprint density at radius 3 is 2.25 bits per heavy atom. The summed E-state index contributed by atoms with van der Waals surface area (Å²) in [6.07, 6.45) is -1.06. The highest BCUT2D eigenvalue weighted by molar-refractivity contribution is 7.92. The van der Waals surface area contributed by atoms with Crippen LogP contribution >= 0.6 is 11.6 Å². The van der Waals surface area contributed by atoms with Crippen molar-refractivity contribution >= 4 is 44.8 Å². The second kappa shape index (κ2) is 8.57. The zero-order valence-electron chi connectivity index (χ0n) is 18.1. The van der Waals surface area contributed by atoms with Gasteiger partial charge >= 0.3 is 0 Å². The number of nitro benzene ring substituents is 1. The predicted octanol–water partition coefficient (Wildman–Crippen LogP) is 3.64. The molecule has 0 N–H and O–H groups in total. The maximum Gasteiger partial charge on any atom is 0.273 e. The maximum absolute atomic E-state index is 13.5. The summed E-state index contributed by atoms with van der Waals surface area (Å²) in [5, 5.41) is 11.2. The molecule has 36 heavy (non-hydrogen) atoms. The molecule has 0 aromatic heterocycles. The van der Waals surface area contributed by atoms with Crippen LogP contribution in [0.5, 0.6) is 5.75 Å². The molecule has 2 aliphatic heterocycles. The lowest BCUT2D eigenvalue weighted by molar-refractivity contribution is -0.384. The first-order chi connectivity index (χ1) is 17.1. The van der Waals surface area contributed by atoms with E-state index in [1.165, 1.54) is 12.1 Å². The lowest BCUT2D eigenvalue weighted by atomic mass is 10.1. The topological polar surface area (TPSA) is 127 Å². The Hall–Kier alpha value is -4.03. The molecular formula is C23H15ClFN3O7S. The number of sulfonamides is 1. The molecule has 3 aromatic rings. The van der Waals surface area contributed by atoms with Crippen molar-refractivity contribution in [1.29, 1.82) is 0 Å². The van der Waals surface area contributed by atoms with E-state index in [1.807, 2.05) is 0 Å². The fourth-order valence-electron chi connectivity index (χ4n) is 4.12. The lowest BCUT2D eigenvalue weighted by Crippen LogP contribution is -2.49. The predicted molar refractivity (Wildman–Crippen MR) is 125 cm³/mol. The van der Waals surface area contributed by atoms with Gasteiger partial charge in [-0.2, -0.15) is 0 Å². The number of carbonyl (C=O) groups is 2. The third kappa shape index (κ3) is 3.84. The molecule has 0 saturated carbocycles. The van der Waals surface area contributed by atoms with Crippen LogP contribution in [0.3, 0.4) is 0 Å². The van der Waals surface area contributed by atoms with Crippen LogP contribution in [0.1, 0.15) is 20.7 Å². The largest absolute Gasteiger partial charge is 0.483 e. The van der Waals surface area contributed by atoms with Crippen LogP contribution in [0.2, 0.25) is 5.02 Å². The van der Waals surface area contributed by atoms with E-state index in [9.17, 15) is 32.5 Å². The Kier molecular flexibility index (Phi) is 5.64. The number of hydrogen-bond donors (Lipinski definition) is 0. The van der Waals surface area contributed by atoms with Crippen LogP contribution in [-0.4, -0.2) is 49.2 Å². The number of halogens is 2. The van der Waals surface area contributed by atoms with Crippen molar-refractivity contribution in [3.05, 3.63) is 92.7 Å². The number of non-ortho nitro benzene ring substituents is 1. The molecule has 0 spiro atoms. The molecule has 2 aliphatic rings. The highest BCUT2D eigenvalue weighted by Gasteiger charge is 2.42. The van der Waals surface area contributed by atoms with Gasteiger partial charge in [-0.25, -0.2) is 12.8 Å². The Bertz CT molecular complexity index is 1510. The number of imide groups is 1. The van der Waals surface area contributed by atoms with Crippen molar-refractivity contribution in [2.75, 3.05) is 17.4 Å². The van der Waals surface area contributed by atoms with Crippen molar-refractivity contribution in [3.8, 4) is 5.75 Å². The standard InChI is InChI=1S/C23H15ClFN3O7S/c24-19-9-14(28(31)32)10-20-21(19)35-15(11-26-22(29)17-3-1-2-4-18(17)23(26)30)12-27(20)36(33,34)16-7-5-13(25)6-8-16/h1-10,15H,11-12H2/t15-/m0/s1. The minimum Gasteiger partial charge on any atom is -0.483 e. The zero-order valence-corrected chi connectivity index (χ0v) is 19.7. The van der Waals surface area contributed by atoms with Gasteiger partial charge in [0.05, 0.1) is 39.1 Å². The van der Waals surface area contributed by atoms with Crippen molar-refractivity contribution in [1.82, 2.24) is 4.90 Å². The highest BCUT2D eigenvalue weighted by Crippen LogP contribution is 2.44. The Labute approximate surface area is 208 Å². The zero-order chi connectivity index (χ0) is 25.8. The number of anilines is 1. The van der Waals surface area contributed by atoms with Gasteiger partial charge in [-0.05, 0) is 36.4 Å². The van der Waals surface area contributed by atoms with Gasteiger partial charge in [0.2, 0.25) is 0 Å². The molecule has 0 fully saturated rings. The second-order valence-electron chi connectivity index (χ2n) is 8.03. The molecule has 0 saturated heterocycles. The number of nitrogens with zero attached hydrogens (tertiary/aromatic N) is 3. The van der Waals surface area contributed by atoms with Crippen LogP contribution in [0.25, 0.3) is 0 Å². The molecule has 2 amide bonds. The van der Waals surface area contributed by atoms with E-state index in [0.29, 0.717) is 0 Å². The number of ether oxygens (including phenoxy) is 1. The van der Waals surface area contributed by atoms with E-state index < -0.39 is 50.9 Å². The van der Waals surface area contributed by atoms with Crippen LogP contribution in [0.4, 0.5) is 15.8 Å². The first kappa shape index (κ1) is 23.7. The van der Waals surface area contributed by atoms with E-state index in [0.717, 1.165) is 45.6 Å². The number of rotatable bonds is 5. The van der Waals surface area contributed by atoms with Crippen LogP contribution in [0, 0.1) is 15.9 Å². The Morgan fingerprint density at radius 2 is 1.67 bits per heavy atom. The van der Waals surface area contributed by atoms with E-state index in [2.05, 4.69) is 0 Å². The SMILES string of the molecule is O=C1c2ccccc2C(=O)N1C[C@H]1CN(S(=O)(=O)c2ccc(F)cc2)c2cc([N+](=O)[O-])cc(Cl)c2O1. The van der Waals surface area contributed by atoms with Gasteiger partial charge in [-0.15, -0.1) is 0 Å². The van der Waals surface area contributed by atoms with Crippen LogP contribution in [0.15, 0.2) is 65.6 Å². The van der Waals surface area contributed by atoms with E-state index in [4.69, 9.17) is 16.3 Å². The van der Waals surface area contributed by atoms with Gasteiger partial charge in [0.1, 0.15) is 17.6 Å². The molecule has 3 aromatic carbocycles. The first-order valence-electron chi connectivity index (χ1n) is 10.5. The number of benzene rings is 3. The summed E-state index contributed by atoms with van der Waals surface area (Å²) in [6, 6.07) is 12.3. The number of carbonyl (C=O) groups excluding carboxylic acids is 2. The van der Waals surface area contributed by atoms with E-state index >= 15 is 0 Å². The molecule has 184 valence electrons. The molecular weight excluding hydrogens is 517 g/mol. The fraction of sp³-hybridized carbons (Fsp3) is 0.130. The molecule has 0 aliphatic carbocycles. The van der Waals surface area contributed by atoms with Gasteiger partial charge < -0.3 is 4.74 Å². The minimum atomic E-state index is -4.38. The van der Waals surface area contributed by atoms with Crippen LogP contribution in [-0.2, 0) is 10.0 Å². The quantitative estimate of drug-likeness (QED) is 0.279. The summed E-state index contributed by atoms with van der Waals surface area (Å²) in [7, 11) is -4.38. The first-order valence-corrected chi connectivity index (χ1v) is 12.3. The average molecular weight is 532 g/mol. The van der Waals surface area contributed by atoms with Gasteiger partial charge in [-0.1, -0.05) is 23.7 Å². The Balaban J connectivity index is 1.56. The summed E-state index contributed by atoms with van der Waals surface area (Å²) >= 11 is 6.24. The lowest BCUT2D eigenvalue weighted by Gasteiger charge is -2.36. The molecule has 10 nitrogen and oxygen atoms in total. The smallest absolute Gasteiger partial charge is 0.273 e. The van der Waals surface area contributed by atoms with Crippen LogP contribution < -0.4 is 9.04 Å². The molecule has 0 unspecified atom stereocenters. The average Bonchev–Trinajstić information content (AvgIpc) is 3.09. The summed E-state index contributed by atoms with van der Waals surface area (Å²) < 4.78 is 47.2. The maximum atomic E-state index is 13.5. The molecule has 5 rings (SSSR count). The molecule has 0 bridgehead atoms.